The van der Waals surface area contributed by atoms with Crippen LogP contribution < -0.4 is 5.32 Å². The van der Waals surface area contributed by atoms with Crippen LogP contribution in [0.4, 0.5) is 0 Å². The molecular weight excluding hydrogens is 356 g/mol. The van der Waals surface area contributed by atoms with Crippen molar-refractivity contribution < 1.29 is 19.1 Å². The molecule has 28 heavy (non-hydrogen) atoms. The fraction of sp³-hybridized carbons (Fsp3) is 0.909. The maximum Gasteiger partial charge on any atom is 0.307 e. The Bertz CT molecular complexity index is 439. The lowest BCUT2D eigenvalue weighted by molar-refractivity contribution is -0.145. The van der Waals surface area contributed by atoms with Crippen LogP contribution in [-0.4, -0.2) is 62.8 Å². The van der Waals surface area contributed by atoms with Crippen molar-refractivity contribution in [1.82, 2.24) is 10.2 Å². The zero-order valence-electron chi connectivity index (χ0n) is 19.4. The molecule has 1 N–H and O–H groups in total. The maximum absolute atomic E-state index is 11.8. The van der Waals surface area contributed by atoms with Gasteiger partial charge in [-0.2, -0.15) is 0 Å². The first kappa shape index (κ1) is 26.9. The molecule has 0 saturated heterocycles. The minimum absolute atomic E-state index is 0.131. The predicted octanol–water partition coefficient (Wildman–Crippen LogP) is 3.64. The minimum atomic E-state index is -0.151. The minimum Gasteiger partial charge on any atom is -0.466 e. The first-order chi connectivity index (χ1) is 12.9. The quantitative estimate of drug-likeness (QED) is 0.355. The SMILES string of the molecule is CCN(CCNCCC(=O)OCCC(C)(C)C)CCC(=O)OCCC(C)(C)C. The molecule has 6 nitrogen and oxygen atoms in total. The van der Waals surface area contributed by atoms with E-state index in [1.165, 1.54) is 0 Å². The van der Waals surface area contributed by atoms with Gasteiger partial charge in [0.1, 0.15) is 0 Å². The highest BCUT2D eigenvalue weighted by Crippen LogP contribution is 2.18. The van der Waals surface area contributed by atoms with Crippen molar-refractivity contribution in [3.63, 3.8) is 0 Å². The number of hydrogen-bond donors (Lipinski definition) is 1. The van der Waals surface area contributed by atoms with Crippen LogP contribution in [0.1, 0.15) is 74.1 Å². The molecule has 0 unspecified atom stereocenters. The number of nitrogens with one attached hydrogen (secondary N) is 1. The number of carbonyl (C=O) groups excluding carboxylic acids is 2. The summed E-state index contributed by atoms with van der Waals surface area (Å²) in [6, 6.07) is 0. The monoisotopic (exact) mass is 400 g/mol. The van der Waals surface area contributed by atoms with Gasteiger partial charge in [-0.15, -0.1) is 0 Å². The second-order valence-electron chi connectivity index (χ2n) is 9.75. The molecule has 0 amide bonds. The van der Waals surface area contributed by atoms with Crippen LogP contribution >= 0.6 is 0 Å². The summed E-state index contributed by atoms with van der Waals surface area (Å²) in [7, 11) is 0. The highest BCUT2D eigenvalue weighted by molar-refractivity contribution is 5.69. The van der Waals surface area contributed by atoms with Gasteiger partial charge in [-0.1, -0.05) is 48.5 Å². The van der Waals surface area contributed by atoms with Crippen LogP contribution in [0.15, 0.2) is 0 Å². The maximum atomic E-state index is 11.8. The largest absolute Gasteiger partial charge is 0.466 e. The molecule has 0 rings (SSSR count). The highest BCUT2D eigenvalue weighted by atomic mass is 16.5. The summed E-state index contributed by atoms with van der Waals surface area (Å²) in [5, 5.41) is 3.27. The molecule has 0 fully saturated rings. The van der Waals surface area contributed by atoms with E-state index in [0.717, 1.165) is 32.5 Å². The van der Waals surface area contributed by atoms with Gasteiger partial charge >= 0.3 is 11.9 Å². The Morgan fingerprint density at radius 2 is 1.29 bits per heavy atom. The van der Waals surface area contributed by atoms with E-state index < -0.39 is 0 Å². The standard InChI is InChI=1S/C22H44N2O4/c1-8-24(15-10-20(26)28-18-12-22(5,6)7)16-14-23-13-9-19(25)27-17-11-21(2,3)4/h23H,8-18H2,1-7H3. The molecule has 0 aromatic heterocycles. The van der Waals surface area contributed by atoms with Crippen molar-refractivity contribution in [1.29, 1.82) is 0 Å². The molecule has 0 aromatic rings. The van der Waals surface area contributed by atoms with Gasteiger partial charge in [-0.3, -0.25) is 9.59 Å². The summed E-state index contributed by atoms with van der Waals surface area (Å²) in [5.74, 6) is -0.282. The summed E-state index contributed by atoms with van der Waals surface area (Å²) in [6.45, 7) is 19.7. The van der Waals surface area contributed by atoms with Crippen LogP contribution in [0.5, 0.6) is 0 Å². The number of nitrogens with zero attached hydrogens (tertiary/aromatic N) is 1. The Hall–Kier alpha value is -1.14. The molecule has 6 heteroatoms. The molecule has 0 bridgehead atoms. The molecule has 0 spiro atoms. The van der Waals surface area contributed by atoms with Gasteiger partial charge in [-0.25, -0.2) is 0 Å². The second-order valence-corrected chi connectivity index (χ2v) is 9.75. The molecule has 0 aliphatic rings. The van der Waals surface area contributed by atoms with Gasteiger partial charge in [0, 0.05) is 26.2 Å². The average molecular weight is 401 g/mol. The number of ether oxygens (including phenoxy) is 2. The van der Waals surface area contributed by atoms with Crippen molar-refractivity contribution in [3.05, 3.63) is 0 Å². The van der Waals surface area contributed by atoms with E-state index in [1.807, 2.05) is 0 Å². The Kier molecular flexibility index (Phi) is 13.4. The van der Waals surface area contributed by atoms with E-state index in [9.17, 15) is 9.59 Å². The van der Waals surface area contributed by atoms with Crippen molar-refractivity contribution >= 4 is 11.9 Å². The van der Waals surface area contributed by atoms with Crippen molar-refractivity contribution in [2.24, 2.45) is 10.8 Å². The van der Waals surface area contributed by atoms with E-state index in [0.29, 0.717) is 39.1 Å². The van der Waals surface area contributed by atoms with E-state index in [-0.39, 0.29) is 22.8 Å². The Morgan fingerprint density at radius 1 is 0.786 bits per heavy atom. The predicted molar refractivity (Wildman–Crippen MR) is 114 cm³/mol. The topological polar surface area (TPSA) is 67.9 Å². The van der Waals surface area contributed by atoms with Crippen molar-refractivity contribution in [3.8, 4) is 0 Å². The Labute approximate surface area is 172 Å². The first-order valence-electron chi connectivity index (χ1n) is 10.7. The molecule has 0 aromatic carbocycles. The third-order valence-electron chi connectivity index (χ3n) is 4.42. The van der Waals surface area contributed by atoms with Crippen LogP contribution in [-0.2, 0) is 19.1 Å². The third kappa shape index (κ3) is 18.2. The van der Waals surface area contributed by atoms with Gasteiger partial charge < -0.3 is 19.7 Å². The summed E-state index contributed by atoms with van der Waals surface area (Å²) < 4.78 is 10.5. The van der Waals surface area contributed by atoms with Crippen LogP contribution in [0.2, 0.25) is 0 Å². The van der Waals surface area contributed by atoms with Crippen LogP contribution in [0.25, 0.3) is 0 Å². The van der Waals surface area contributed by atoms with E-state index in [4.69, 9.17) is 9.47 Å². The average Bonchev–Trinajstić information content (AvgIpc) is 2.55. The van der Waals surface area contributed by atoms with Crippen LogP contribution in [0, 0.1) is 10.8 Å². The van der Waals surface area contributed by atoms with Crippen molar-refractivity contribution in [2.75, 3.05) is 45.9 Å². The number of carbonyl (C=O) groups is 2. The molecule has 166 valence electrons. The van der Waals surface area contributed by atoms with E-state index in [1.54, 1.807) is 0 Å². The zero-order valence-corrected chi connectivity index (χ0v) is 19.4. The fourth-order valence-electron chi connectivity index (χ4n) is 2.32. The Balaban J connectivity index is 3.75. The molecule has 0 radical (unpaired) electrons. The number of likely N-dealkylation sites (N-methyl/N-ethyl adjacent to an activating group) is 1. The second kappa shape index (κ2) is 13.9. The summed E-state index contributed by atoms with van der Waals surface area (Å²) in [5.41, 5.74) is 0.363. The van der Waals surface area contributed by atoms with Gasteiger partial charge in [0.25, 0.3) is 0 Å². The molecule has 0 aliphatic heterocycles. The number of esters is 2. The molecular formula is C22H44N2O4. The summed E-state index contributed by atoms with van der Waals surface area (Å²) in [6.07, 6.45) is 2.55. The Morgan fingerprint density at radius 3 is 1.75 bits per heavy atom. The molecule has 0 heterocycles. The normalized spacial score (nSPS) is 12.3. The first-order valence-corrected chi connectivity index (χ1v) is 10.7. The molecule has 0 atom stereocenters. The van der Waals surface area contributed by atoms with Crippen LogP contribution in [0.3, 0.4) is 0 Å². The highest BCUT2D eigenvalue weighted by Gasteiger charge is 2.13. The number of hydrogen-bond acceptors (Lipinski definition) is 6. The number of rotatable bonds is 14. The van der Waals surface area contributed by atoms with Gasteiger partial charge in [-0.05, 0) is 30.2 Å². The zero-order chi connectivity index (χ0) is 21.6. The summed E-state index contributed by atoms with van der Waals surface area (Å²) in [4.78, 5) is 25.7. The van der Waals surface area contributed by atoms with Gasteiger partial charge in [0.2, 0.25) is 0 Å². The van der Waals surface area contributed by atoms with Gasteiger partial charge in [0.05, 0.1) is 26.1 Å². The summed E-state index contributed by atoms with van der Waals surface area (Å²) >= 11 is 0. The van der Waals surface area contributed by atoms with E-state index >= 15 is 0 Å². The lowest BCUT2D eigenvalue weighted by Gasteiger charge is -2.21. The van der Waals surface area contributed by atoms with E-state index in [2.05, 4.69) is 58.7 Å². The molecule has 0 saturated carbocycles. The smallest absolute Gasteiger partial charge is 0.307 e. The lowest BCUT2D eigenvalue weighted by Crippen LogP contribution is -2.34. The fourth-order valence-corrected chi connectivity index (χ4v) is 2.32. The van der Waals surface area contributed by atoms with Gasteiger partial charge in [0.15, 0.2) is 0 Å². The van der Waals surface area contributed by atoms with Crippen molar-refractivity contribution in [2.45, 2.75) is 74.1 Å². The lowest BCUT2D eigenvalue weighted by atomic mass is 9.93. The third-order valence-corrected chi connectivity index (χ3v) is 4.42. The molecule has 0 aliphatic carbocycles.